The number of carbonyl (C=O) groups excluding carboxylic acids is 3. The number of rotatable bonds is 11. The number of aliphatic hydroxyl groups excluding tert-OH is 1. The lowest BCUT2D eigenvalue weighted by Crippen LogP contribution is -2.53. The molecule has 208 valence electrons. The first-order valence-electron chi connectivity index (χ1n) is 12.7. The molecule has 0 fully saturated rings. The Morgan fingerprint density at radius 1 is 1.03 bits per heavy atom. The summed E-state index contributed by atoms with van der Waals surface area (Å²) in [5.74, 6) is -0.279. The second kappa shape index (κ2) is 14.2. The third-order valence-corrected chi connectivity index (χ3v) is 6.55. The SMILES string of the molecule is CSCCC(NC(=O)OC(C)(C)C)C(=O)N(CCO)C(C(=O)Nc1c(C)cccc1C)c1ccc(C)cc1. The summed E-state index contributed by atoms with van der Waals surface area (Å²) in [6.45, 7) is 10.5. The summed E-state index contributed by atoms with van der Waals surface area (Å²) in [6, 6.07) is 11.1. The monoisotopic (exact) mass is 543 g/mol. The summed E-state index contributed by atoms with van der Waals surface area (Å²) in [5.41, 5.74) is 3.33. The van der Waals surface area contributed by atoms with Crippen molar-refractivity contribution >= 4 is 35.4 Å². The van der Waals surface area contributed by atoms with Crippen LogP contribution in [-0.2, 0) is 14.3 Å². The van der Waals surface area contributed by atoms with E-state index >= 15 is 0 Å². The molecule has 8 nitrogen and oxygen atoms in total. The van der Waals surface area contributed by atoms with Crippen molar-refractivity contribution in [2.24, 2.45) is 0 Å². The fraction of sp³-hybridized carbons (Fsp3) is 0.483. The smallest absolute Gasteiger partial charge is 0.408 e. The molecule has 0 spiro atoms. The summed E-state index contributed by atoms with van der Waals surface area (Å²) in [7, 11) is 0. The van der Waals surface area contributed by atoms with Gasteiger partial charge in [0.25, 0.3) is 5.91 Å². The molecule has 0 radical (unpaired) electrons. The van der Waals surface area contributed by atoms with Crippen molar-refractivity contribution in [1.29, 1.82) is 0 Å². The van der Waals surface area contributed by atoms with Crippen molar-refractivity contribution < 1.29 is 24.2 Å². The molecule has 38 heavy (non-hydrogen) atoms. The highest BCUT2D eigenvalue weighted by Gasteiger charge is 2.36. The third kappa shape index (κ3) is 9.06. The number of thioether (sulfide) groups is 1. The minimum atomic E-state index is -1.04. The molecule has 0 heterocycles. The number of hydrogen-bond donors (Lipinski definition) is 3. The van der Waals surface area contributed by atoms with Crippen LogP contribution in [0.3, 0.4) is 0 Å². The number of anilines is 1. The topological polar surface area (TPSA) is 108 Å². The molecule has 0 bridgehead atoms. The maximum Gasteiger partial charge on any atom is 0.408 e. The minimum Gasteiger partial charge on any atom is -0.444 e. The van der Waals surface area contributed by atoms with Crippen LogP contribution in [0.1, 0.15) is 55.5 Å². The van der Waals surface area contributed by atoms with Gasteiger partial charge in [-0.05, 0) is 76.7 Å². The molecule has 3 N–H and O–H groups in total. The number of amides is 3. The molecule has 2 atom stereocenters. The van der Waals surface area contributed by atoms with Gasteiger partial charge >= 0.3 is 6.09 Å². The Morgan fingerprint density at radius 3 is 2.16 bits per heavy atom. The van der Waals surface area contributed by atoms with Crippen LogP contribution in [0.25, 0.3) is 0 Å². The molecule has 2 unspecified atom stereocenters. The predicted molar refractivity (Wildman–Crippen MR) is 153 cm³/mol. The molecule has 0 aliphatic heterocycles. The molecular weight excluding hydrogens is 502 g/mol. The van der Waals surface area contributed by atoms with E-state index in [9.17, 15) is 19.5 Å². The van der Waals surface area contributed by atoms with Crippen molar-refractivity contribution in [1.82, 2.24) is 10.2 Å². The molecule has 2 aromatic carbocycles. The first kappa shape index (κ1) is 31.2. The van der Waals surface area contributed by atoms with Crippen molar-refractivity contribution in [3.05, 3.63) is 64.7 Å². The molecule has 2 aromatic rings. The zero-order chi connectivity index (χ0) is 28.5. The molecule has 0 saturated heterocycles. The van der Waals surface area contributed by atoms with Gasteiger partial charge in [-0.2, -0.15) is 11.8 Å². The van der Waals surface area contributed by atoms with E-state index in [1.54, 1.807) is 32.9 Å². The number of carbonyl (C=O) groups is 3. The van der Waals surface area contributed by atoms with Crippen LogP contribution < -0.4 is 10.6 Å². The Labute approximate surface area is 230 Å². The largest absolute Gasteiger partial charge is 0.444 e. The molecule has 0 aromatic heterocycles. The summed E-state index contributed by atoms with van der Waals surface area (Å²) in [4.78, 5) is 41.8. The number of ether oxygens (including phenoxy) is 1. The number of nitrogens with one attached hydrogen (secondary N) is 2. The molecule has 0 saturated carbocycles. The fourth-order valence-electron chi connectivity index (χ4n) is 4.04. The zero-order valence-electron chi connectivity index (χ0n) is 23.5. The molecule has 2 rings (SSSR count). The number of para-hydroxylation sites is 1. The summed E-state index contributed by atoms with van der Waals surface area (Å²) >= 11 is 1.54. The van der Waals surface area contributed by atoms with Crippen LogP contribution in [0.2, 0.25) is 0 Å². The van der Waals surface area contributed by atoms with E-state index in [-0.39, 0.29) is 13.2 Å². The van der Waals surface area contributed by atoms with E-state index < -0.39 is 35.6 Å². The normalized spacial score (nSPS) is 12.8. The van der Waals surface area contributed by atoms with E-state index in [2.05, 4.69) is 10.6 Å². The molecule has 9 heteroatoms. The quantitative estimate of drug-likeness (QED) is 0.377. The standard InChI is InChI=1S/C29H41N3O5S/c1-19-11-13-22(14-12-19)25(26(34)31-24-20(2)9-8-10-21(24)3)32(16-17-33)27(35)23(15-18-38-7)30-28(36)37-29(4,5)6/h8-14,23,25,33H,15-18H2,1-7H3,(H,30,36)(H,31,34). The third-order valence-electron chi connectivity index (χ3n) is 5.91. The number of nitrogens with zero attached hydrogens (tertiary/aromatic N) is 1. The summed E-state index contributed by atoms with van der Waals surface area (Å²) < 4.78 is 5.39. The van der Waals surface area contributed by atoms with Gasteiger partial charge in [-0.1, -0.05) is 48.0 Å². The van der Waals surface area contributed by atoms with Gasteiger partial charge in [-0.3, -0.25) is 9.59 Å². The number of aryl methyl sites for hydroxylation is 3. The minimum absolute atomic E-state index is 0.0939. The Bertz CT molecular complexity index is 1080. The van der Waals surface area contributed by atoms with Gasteiger partial charge in [0, 0.05) is 12.2 Å². The Kier molecular flexibility index (Phi) is 11.7. The first-order chi connectivity index (χ1) is 17.9. The fourth-order valence-corrected chi connectivity index (χ4v) is 4.51. The van der Waals surface area contributed by atoms with E-state index in [1.165, 1.54) is 16.7 Å². The van der Waals surface area contributed by atoms with Gasteiger partial charge in [0.1, 0.15) is 17.7 Å². The van der Waals surface area contributed by atoms with Crippen LogP contribution in [0.4, 0.5) is 10.5 Å². The van der Waals surface area contributed by atoms with Crippen LogP contribution in [0.5, 0.6) is 0 Å². The van der Waals surface area contributed by atoms with Crippen molar-refractivity contribution in [2.45, 2.75) is 65.6 Å². The molecule has 3 amide bonds. The van der Waals surface area contributed by atoms with Crippen LogP contribution in [0, 0.1) is 20.8 Å². The summed E-state index contributed by atoms with van der Waals surface area (Å²) in [6.07, 6.45) is 1.53. The van der Waals surface area contributed by atoms with Gasteiger partial charge in [0.05, 0.1) is 6.61 Å². The van der Waals surface area contributed by atoms with E-state index in [0.717, 1.165) is 16.7 Å². The van der Waals surface area contributed by atoms with Crippen LogP contribution in [0.15, 0.2) is 42.5 Å². The van der Waals surface area contributed by atoms with Crippen molar-refractivity contribution in [2.75, 3.05) is 30.5 Å². The maximum absolute atomic E-state index is 14.0. The first-order valence-corrected chi connectivity index (χ1v) is 14.1. The Morgan fingerprint density at radius 2 is 1.63 bits per heavy atom. The van der Waals surface area contributed by atoms with E-state index in [4.69, 9.17) is 4.74 Å². The Hall–Kier alpha value is -3.04. The second-order valence-corrected chi connectivity index (χ2v) is 11.3. The maximum atomic E-state index is 14.0. The molecular formula is C29H41N3O5S. The highest BCUT2D eigenvalue weighted by molar-refractivity contribution is 7.98. The van der Waals surface area contributed by atoms with Gasteiger partial charge in [-0.25, -0.2) is 4.79 Å². The lowest BCUT2D eigenvalue weighted by molar-refractivity contribution is -0.141. The lowest BCUT2D eigenvalue weighted by atomic mass is 10.0. The van der Waals surface area contributed by atoms with Crippen molar-refractivity contribution in [3.8, 4) is 0 Å². The lowest BCUT2D eigenvalue weighted by Gasteiger charge is -2.34. The highest BCUT2D eigenvalue weighted by atomic mass is 32.2. The average Bonchev–Trinajstić information content (AvgIpc) is 2.83. The number of alkyl carbamates (subject to hydrolysis) is 1. The summed E-state index contributed by atoms with van der Waals surface area (Å²) in [5, 5.41) is 15.6. The van der Waals surface area contributed by atoms with Gasteiger partial charge in [-0.15, -0.1) is 0 Å². The predicted octanol–water partition coefficient (Wildman–Crippen LogP) is 4.76. The number of benzene rings is 2. The highest BCUT2D eigenvalue weighted by Crippen LogP contribution is 2.27. The van der Waals surface area contributed by atoms with Crippen LogP contribution in [-0.4, -0.2) is 64.7 Å². The zero-order valence-corrected chi connectivity index (χ0v) is 24.3. The molecule has 0 aliphatic rings. The molecule has 0 aliphatic carbocycles. The van der Waals surface area contributed by atoms with Crippen molar-refractivity contribution in [3.63, 3.8) is 0 Å². The van der Waals surface area contributed by atoms with Crippen LogP contribution >= 0.6 is 11.8 Å². The average molecular weight is 544 g/mol. The second-order valence-electron chi connectivity index (χ2n) is 10.3. The van der Waals surface area contributed by atoms with E-state index in [0.29, 0.717) is 23.4 Å². The number of aliphatic hydroxyl groups is 1. The van der Waals surface area contributed by atoms with Gasteiger partial charge < -0.3 is 25.4 Å². The van der Waals surface area contributed by atoms with Gasteiger partial charge in [0.2, 0.25) is 5.91 Å². The van der Waals surface area contributed by atoms with E-state index in [1.807, 2.05) is 57.4 Å². The van der Waals surface area contributed by atoms with Gasteiger partial charge in [0.15, 0.2) is 0 Å². The Balaban J connectivity index is 2.51. The number of hydrogen-bond acceptors (Lipinski definition) is 6.